The molecule has 1 heterocycles. The molecule has 1 aromatic carbocycles. The largest absolute Gasteiger partial charge is 0.326 e. The molecule has 0 aliphatic heterocycles. The highest BCUT2D eigenvalue weighted by molar-refractivity contribution is 5.53. The van der Waals surface area contributed by atoms with Crippen molar-refractivity contribution in [3.63, 3.8) is 0 Å². The van der Waals surface area contributed by atoms with Crippen LogP contribution in [0.4, 0.5) is 11.6 Å². The summed E-state index contributed by atoms with van der Waals surface area (Å²) < 4.78 is 2.21. The maximum Gasteiger partial charge on any atom is 0.207 e. The van der Waals surface area contributed by atoms with Gasteiger partial charge in [-0.3, -0.25) is 0 Å². The fourth-order valence-electron chi connectivity index (χ4n) is 2.78. The average Bonchev–Trinajstić information content (AvgIpc) is 2.68. The molecule has 0 radical (unpaired) electrons. The molecule has 2 rings (SSSR count). The van der Waals surface area contributed by atoms with Gasteiger partial charge in [0.2, 0.25) is 5.95 Å². The predicted molar refractivity (Wildman–Crippen MR) is 89.0 cm³/mol. The molecule has 0 saturated carbocycles. The van der Waals surface area contributed by atoms with Crippen molar-refractivity contribution in [1.82, 2.24) is 14.5 Å². The molecule has 0 atom stereocenters. The van der Waals surface area contributed by atoms with Gasteiger partial charge in [-0.1, -0.05) is 32.0 Å². The van der Waals surface area contributed by atoms with Crippen LogP contribution in [0.5, 0.6) is 0 Å². The maximum atomic E-state index is 4.61. The van der Waals surface area contributed by atoms with Crippen LogP contribution in [0.25, 0.3) is 0 Å². The first-order valence-electron chi connectivity index (χ1n) is 7.36. The van der Waals surface area contributed by atoms with E-state index in [2.05, 4.69) is 66.0 Å². The third kappa shape index (κ3) is 4.60. The zero-order valence-electron chi connectivity index (χ0n) is 13.7. The zero-order chi connectivity index (χ0) is 15.5. The van der Waals surface area contributed by atoms with Crippen molar-refractivity contribution in [3.8, 4) is 0 Å². The van der Waals surface area contributed by atoms with Crippen molar-refractivity contribution < 1.29 is 0 Å². The van der Waals surface area contributed by atoms with Crippen molar-refractivity contribution in [1.29, 1.82) is 0 Å². The molecule has 0 bridgehead atoms. The van der Waals surface area contributed by atoms with Gasteiger partial charge in [-0.05, 0) is 38.6 Å². The fourth-order valence-corrected chi connectivity index (χ4v) is 2.78. The minimum Gasteiger partial charge on any atom is -0.326 e. The summed E-state index contributed by atoms with van der Waals surface area (Å²) in [7, 11) is 4.23. The quantitative estimate of drug-likeness (QED) is 0.882. The van der Waals surface area contributed by atoms with Gasteiger partial charge < -0.3 is 14.8 Å². The smallest absolute Gasteiger partial charge is 0.207 e. The fraction of sp³-hybridized carbons (Fsp3) is 0.471. The van der Waals surface area contributed by atoms with Crippen molar-refractivity contribution in [2.24, 2.45) is 5.41 Å². The molecule has 0 unspecified atom stereocenters. The summed E-state index contributed by atoms with van der Waals surface area (Å²) in [4.78, 5) is 6.84. The molecule has 0 fully saturated rings. The number of aromatic nitrogens is 2. The highest BCUT2D eigenvalue weighted by Crippen LogP contribution is 2.23. The number of benzene rings is 1. The summed E-state index contributed by atoms with van der Waals surface area (Å²) in [5.74, 6) is 0.908. The number of imidazole rings is 1. The van der Waals surface area contributed by atoms with E-state index in [-0.39, 0.29) is 5.41 Å². The lowest BCUT2D eigenvalue weighted by atomic mass is 9.93. The number of aryl methyl sites for hydroxylation is 1. The summed E-state index contributed by atoms with van der Waals surface area (Å²) in [6.07, 6.45) is 2.11. The van der Waals surface area contributed by atoms with Gasteiger partial charge in [-0.2, -0.15) is 0 Å². The molecule has 114 valence electrons. The molecule has 4 heteroatoms. The van der Waals surface area contributed by atoms with Crippen LogP contribution in [-0.2, 0) is 6.54 Å². The van der Waals surface area contributed by atoms with E-state index in [1.54, 1.807) is 0 Å². The first-order valence-corrected chi connectivity index (χ1v) is 7.36. The lowest BCUT2D eigenvalue weighted by Gasteiger charge is -2.29. The van der Waals surface area contributed by atoms with Crippen LogP contribution in [0.1, 0.15) is 19.5 Å². The van der Waals surface area contributed by atoms with Crippen molar-refractivity contribution >= 4 is 11.6 Å². The minimum atomic E-state index is 0.184. The molecule has 2 aromatic rings. The van der Waals surface area contributed by atoms with Gasteiger partial charge in [0.05, 0.1) is 5.69 Å². The normalized spacial score (nSPS) is 11.9. The molecule has 1 N–H and O–H groups in total. The molecule has 1 aromatic heterocycles. The van der Waals surface area contributed by atoms with Gasteiger partial charge in [0.15, 0.2) is 0 Å². The van der Waals surface area contributed by atoms with E-state index < -0.39 is 0 Å². The Hall–Kier alpha value is -1.81. The number of hydrogen-bond acceptors (Lipinski definition) is 3. The van der Waals surface area contributed by atoms with Crippen molar-refractivity contribution in [3.05, 3.63) is 42.2 Å². The molecular weight excluding hydrogens is 260 g/mol. The van der Waals surface area contributed by atoms with Gasteiger partial charge in [-0.25, -0.2) is 4.98 Å². The molecule has 0 aliphatic carbocycles. The van der Waals surface area contributed by atoms with Crippen LogP contribution >= 0.6 is 0 Å². The summed E-state index contributed by atoms with van der Waals surface area (Å²) in [6, 6.07) is 10.2. The Labute approximate surface area is 127 Å². The number of hydrogen-bond donors (Lipinski definition) is 1. The van der Waals surface area contributed by atoms with E-state index >= 15 is 0 Å². The van der Waals surface area contributed by atoms with E-state index in [1.165, 1.54) is 0 Å². The minimum absolute atomic E-state index is 0.184. The topological polar surface area (TPSA) is 33.1 Å². The highest BCUT2D eigenvalue weighted by Gasteiger charge is 2.21. The van der Waals surface area contributed by atoms with Crippen LogP contribution in [0.2, 0.25) is 0 Å². The number of nitrogens with zero attached hydrogens (tertiary/aromatic N) is 3. The Morgan fingerprint density at radius 2 is 1.86 bits per heavy atom. The Balaban J connectivity index is 2.17. The van der Waals surface area contributed by atoms with Crippen LogP contribution in [-0.4, -0.2) is 35.1 Å². The van der Waals surface area contributed by atoms with Crippen LogP contribution in [0.3, 0.4) is 0 Å². The number of anilines is 2. The zero-order valence-corrected chi connectivity index (χ0v) is 13.7. The SMILES string of the molecule is Cc1cn(CC(C)(C)CN(C)C)c(Nc2ccccc2)n1. The summed E-state index contributed by atoms with van der Waals surface area (Å²) in [5.41, 5.74) is 2.29. The van der Waals surface area contributed by atoms with Crippen LogP contribution < -0.4 is 5.32 Å². The lowest BCUT2D eigenvalue weighted by Crippen LogP contribution is -2.32. The van der Waals surface area contributed by atoms with E-state index in [0.717, 1.165) is 30.4 Å². The molecule has 0 aliphatic rings. The van der Waals surface area contributed by atoms with Gasteiger partial charge in [0, 0.05) is 25.0 Å². The van der Waals surface area contributed by atoms with Gasteiger partial charge >= 0.3 is 0 Å². The Morgan fingerprint density at radius 1 is 1.19 bits per heavy atom. The molecule has 0 spiro atoms. The molecule has 0 saturated heterocycles. The van der Waals surface area contributed by atoms with Crippen molar-refractivity contribution in [2.75, 3.05) is 26.0 Å². The Kier molecular flexibility index (Phi) is 4.68. The molecule has 0 amide bonds. The Morgan fingerprint density at radius 3 is 2.48 bits per heavy atom. The first kappa shape index (κ1) is 15.6. The highest BCUT2D eigenvalue weighted by atomic mass is 15.2. The third-order valence-corrected chi connectivity index (χ3v) is 3.27. The van der Waals surface area contributed by atoms with E-state index in [4.69, 9.17) is 0 Å². The standard InChI is InChI=1S/C17H26N4/c1-14-11-21(13-17(2,3)12-20(4)5)16(18-14)19-15-9-7-6-8-10-15/h6-11H,12-13H2,1-5H3,(H,18,19). The number of rotatable bonds is 6. The average molecular weight is 286 g/mol. The molecule has 21 heavy (non-hydrogen) atoms. The van der Waals surface area contributed by atoms with E-state index in [1.807, 2.05) is 25.1 Å². The lowest BCUT2D eigenvalue weighted by molar-refractivity contribution is 0.212. The van der Waals surface area contributed by atoms with Crippen molar-refractivity contribution in [2.45, 2.75) is 27.3 Å². The first-order chi connectivity index (χ1) is 9.85. The van der Waals surface area contributed by atoms with Gasteiger partial charge in [0.25, 0.3) is 0 Å². The third-order valence-electron chi connectivity index (χ3n) is 3.27. The molecule has 4 nitrogen and oxygen atoms in total. The van der Waals surface area contributed by atoms with Crippen LogP contribution in [0, 0.1) is 12.3 Å². The summed E-state index contributed by atoms with van der Waals surface area (Å²) >= 11 is 0. The number of para-hydroxylation sites is 1. The summed E-state index contributed by atoms with van der Waals surface area (Å²) in [5, 5.41) is 3.41. The Bertz CT molecular complexity index is 570. The molecular formula is C17H26N4. The second-order valence-electron chi connectivity index (χ2n) is 6.73. The maximum absolute atomic E-state index is 4.61. The van der Waals surface area contributed by atoms with Gasteiger partial charge in [-0.15, -0.1) is 0 Å². The van der Waals surface area contributed by atoms with E-state index in [0.29, 0.717) is 0 Å². The van der Waals surface area contributed by atoms with E-state index in [9.17, 15) is 0 Å². The monoisotopic (exact) mass is 286 g/mol. The van der Waals surface area contributed by atoms with Crippen LogP contribution in [0.15, 0.2) is 36.5 Å². The van der Waals surface area contributed by atoms with Gasteiger partial charge in [0.1, 0.15) is 0 Å². The second-order valence-corrected chi connectivity index (χ2v) is 6.73. The summed E-state index contributed by atoms with van der Waals surface area (Å²) in [6.45, 7) is 8.57. The second kappa shape index (κ2) is 6.31. The number of nitrogens with one attached hydrogen (secondary N) is 1. The predicted octanol–water partition coefficient (Wildman–Crippen LogP) is 3.52.